The number of aromatic nitrogens is 3. The average Bonchev–Trinajstić information content (AvgIpc) is 2.80. The van der Waals surface area contributed by atoms with Crippen molar-refractivity contribution < 1.29 is 14.3 Å². The van der Waals surface area contributed by atoms with Gasteiger partial charge < -0.3 is 10.1 Å². The van der Waals surface area contributed by atoms with Crippen LogP contribution in [-0.4, -0.2) is 33.8 Å². The maximum atomic E-state index is 13.0. The summed E-state index contributed by atoms with van der Waals surface area (Å²) >= 11 is 12.2. The van der Waals surface area contributed by atoms with E-state index >= 15 is 0 Å². The highest BCUT2D eigenvalue weighted by Gasteiger charge is 2.19. The highest BCUT2D eigenvalue weighted by molar-refractivity contribution is 6.39. The van der Waals surface area contributed by atoms with Gasteiger partial charge in [0.1, 0.15) is 22.7 Å². The van der Waals surface area contributed by atoms with Crippen LogP contribution in [0, 0.1) is 0 Å². The van der Waals surface area contributed by atoms with Crippen molar-refractivity contribution in [2.45, 2.75) is 0 Å². The number of carbonyl (C=O) groups is 2. The van der Waals surface area contributed by atoms with Crippen LogP contribution in [-0.2, 0) is 0 Å². The molecule has 0 aliphatic rings. The van der Waals surface area contributed by atoms with Crippen molar-refractivity contribution in [1.82, 2.24) is 15.0 Å². The van der Waals surface area contributed by atoms with E-state index in [9.17, 15) is 9.59 Å². The van der Waals surface area contributed by atoms with Crippen LogP contribution >= 0.6 is 23.2 Å². The smallest absolute Gasteiger partial charge is 0.256 e. The lowest BCUT2D eigenvalue weighted by atomic mass is 10.0. The number of nitrogens with zero attached hydrogens (tertiary/aromatic N) is 3. The molecule has 3 aromatic heterocycles. The number of ether oxygens (including phenoxy) is 1. The summed E-state index contributed by atoms with van der Waals surface area (Å²) < 4.78 is 5.39. The lowest BCUT2D eigenvalue weighted by molar-refractivity contribution is 0.102. The summed E-state index contributed by atoms with van der Waals surface area (Å²) in [6, 6.07) is 11.4. The summed E-state index contributed by atoms with van der Waals surface area (Å²) in [6.07, 6.45) is 4.30. The first kappa shape index (κ1) is 20.7. The van der Waals surface area contributed by atoms with E-state index in [1.807, 2.05) is 0 Å². The van der Waals surface area contributed by atoms with Gasteiger partial charge >= 0.3 is 0 Å². The Morgan fingerprint density at radius 3 is 2.42 bits per heavy atom. The fraction of sp³-hybridized carbons (Fsp3) is 0.0455. The molecule has 0 unspecified atom stereocenters. The molecule has 1 N–H and O–H groups in total. The Morgan fingerprint density at radius 2 is 1.74 bits per heavy atom. The van der Waals surface area contributed by atoms with Gasteiger partial charge in [0.15, 0.2) is 0 Å². The van der Waals surface area contributed by atoms with Crippen molar-refractivity contribution in [2.75, 3.05) is 12.4 Å². The number of hydrogen-bond donors (Lipinski definition) is 1. The molecule has 3 heterocycles. The Morgan fingerprint density at radius 1 is 0.968 bits per heavy atom. The summed E-state index contributed by atoms with van der Waals surface area (Å²) in [5, 5.41) is 3.61. The second kappa shape index (κ2) is 8.67. The van der Waals surface area contributed by atoms with Crippen LogP contribution in [0.5, 0.6) is 5.75 Å². The minimum Gasteiger partial charge on any atom is -0.494 e. The molecule has 0 saturated heterocycles. The molecule has 0 bridgehead atoms. The number of hydrogen-bond acceptors (Lipinski definition) is 6. The molecule has 0 aliphatic heterocycles. The van der Waals surface area contributed by atoms with Crippen LogP contribution in [0.4, 0.5) is 5.69 Å². The predicted octanol–water partition coefficient (Wildman–Crippen LogP) is 4.82. The van der Waals surface area contributed by atoms with Crippen LogP contribution < -0.4 is 10.1 Å². The summed E-state index contributed by atoms with van der Waals surface area (Å²) in [7, 11) is 1.49. The molecule has 9 heteroatoms. The number of ketones is 1. The molecule has 1 aromatic carbocycles. The standard InChI is InChI=1S/C22H14Cl2N4O3/c1-31-18-8-6-13(22(30)28-20-14(23)10-25-11-15(20)24)12-5-7-17(27-19(12)18)21(29)16-4-2-3-9-26-16/h2-11H,1H3,(H,25,28,30). The summed E-state index contributed by atoms with van der Waals surface area (Å²) in [4.78, 5) is 38.1. The lowest BCUT2D eigenvalue weighted by Gasteiger charge is -2.12. The van der Waals surface area contributed by atoms with E-state index in [0.29, 0.717) is 22.2 Å². The van der Waals surface area contributed by atoms with Gasteiger partial charge in [0, 0.05) is 29.5 Å². The Labute approximate surface area is 187 Å². The molecule has 0 saturated carbocycles. The van der Waals surface area contributed by atoms with Gasteiger partial charge in [-0.2, -0.15) is 0 Å². The SMILES string of the molecule is COc1ccc(C(=O)Nc2c(Cl)cncc2Cl)c2ccc(C(=O)c3ccccn3)nc12. The minimum atomic E-state index is -0.451. The van der Waals surface area contributed by atoms with Gasteiger partial charge in [0.05, 0.1) is 22.8 Å². The zero-order valence-corrected chi connectivity index (χ0v) is 17.6. The molecule has 0 fully saturated rings. The Kier molecular flexibility index (Phi) is 5.79. The third-order valence-electron chi connectivity index (χ3n) is 4.51. The molecule has 4 rings (SSSR count). The monoisotopic (exact) mass is 452 g/mol. The third kappa shape index (κ3) is 4.05. The third-order valence-corrected chi connectivity index (χ3v) is 5.08. The maximum Gasteiger partial charge on any atom is 0.256 e. The van der Waals surface area contributed by atoms with E-state index in [-0.39, 0.29) is 32.9 Å². The molecular weight excluding hydrogens is 439 g/mol. The first-order valence-electron chi connectivity index (χ1n) is 9.03. The number of nitrogens with one attached hydrogen (secondary N) is 1. The van der Waals surface area contributed by atoms with Gasteiger partial charge in [-0.1, -0.05) is 29.3 Å². The first-order valence-corrected chi connectivity index (χ1v) is 9.79. The fourth-order valence-corrected chi connectivity index (χ4v) is 3.48. The van der Waals surface area contributed by atoms with Crippen molar-refractivity contribution in [2.24, 2.45) is 0 Å². The number of benzene rings is 1. The van der Waals surface area contributed by atoms with Crippen molar-refractivity contribution in [1.29, 1.82) is 0 Å². The Balaban J connectivity index is 1.77. The Bertz CT molecular complexity index is 1290. The topological polar surface area (TPSA) is 94.1 Å². The summed E-state index contributed by atoms with van der Waals surface area (Å²) in [5.41, 5.74) is 1.38. The zero-order valence-electron chi connectivity index (χ0n) is 16.1. The minimum absolute atomic E-state index is 0.183. The highest BCUT2D eigenvalue weighted by atomic mass is 35.5. The van der Waals surface area contributed by atoms with E-state index in [0.717, 1.165) is 0 Å². The number of halogens is 2. The molecule has 0 aliphatic carbocycles. The van der Waals surface area contributed by atoms with E-state index in [1.54, 1.807) is 42.5 Å². The number of amides is 1. The van der Waals surface area contributed by atoms with Crippen LogP contribution in [0.15, 0.2) is 61.1 Å². The van der Waals surface area contributed by atoms with Crippen LogP contribution in [0.3, 0.4) is 0 Å². The normalized spacial score (nSPS) is 10.7. The van der Waals surface area contributed by atoms with Gasteiger partial charge in [0.25, 0.3) is 5.91 Å². The number of anilines is 1. The second-order valence-electron chi connectivity index (χ2n) is 6.38. The van der Waals surface area contributed by atoms with Crippen LogP contribution in [0.1, 0.15) is 26.5 Å². The van der Waals surface area contributed by atoms with E-state index < -0.39 is 5.91 Å². The van der Waals surface area contributed by atoms with Gasteiger partial charge in [-0.3, -0.25) is 19.6 Å². The molecule has 0 atom stereocenters. The Hall–Kier alpha value is -3.55. The summed E-state index contributed by atoms with van der Waals surface area (Å²) in [6.45, 7) is 0. The molecular formula is C22H14Cl2N4O3. The van der Waals surface area contributed by atoms with Gasteiger partial charge in [-0.15, -0.1) is 0 Å². The fourth-order valence-electron chi connectivity index (χ4n) is 3.02. The number of fused-ring (bicyclic) bond motifs is 1. The number of methoxy groups -OCH3 is 1. The molecule has 31 heavy (non-hydrogen) atoms. The molecule has 154 valence electrons. The molecule has 0 spiro atoms. The zero-order chi connectivity index (χ0) is 22.0. The lowest BCUT2D eigenvalue weighted by Crippen LogP contribution is -2.14. The van der Waals surface area contributed by atoms with Gasteiger partial charge in [0.2, 0.25) is 5.78 Å². The molecule has 4 aromatic rings. The molecule has 1 amide bonds. The van der Waals surface area contributed by atoms with Crippen molar-refractivity contribution in [3.63, 3.8) is 0 Å². The predicted molar refractivity (Wildman–Crippen MR) is 118 cm³/mol. The maximum absolute atomic E-state index is 13.0. The van der Waals surface area contributed by atoms with Crippen LogP contribution in [0.2, 0.25) is 10.0 Å². The number of pyridine rings is 3. The molecule has 0 radical (unpaired) electrons. The van der Waals surface area contributed by atoms with Crippen molar-refractivity contribution in [3.05, 3.63) is 88.1 Å². The largest absolute Gasteiger partial charge is 0.494 e. The van der Waals surface area contributed by atoms with E-state index in [4.69, 9.17) is 27.9 Å². The first-order chi connectivity index (χ1) is 15.0. The number of rotatable bonds is 5. The summed E-state index contributed by atoms with van der Waals surface area (Å²) in [5.74, 6) is -0.370. The average molecular weight is 453 g/mol. The van der Waals surface area contributed by atoms with Crippen LogP contribution in [0.25, 0.3) is 10.9 Å². The quantitative estimate of drug-likeness (QED) is 0.436. The number of carbonyl (C=O) groups excluding carboxylic acids is 2. The second-order valence-corrected chi connectivity index (χ2v) is 7.20. The van der Waals surface area contributed by atoms with E-state index in [2.05, 4.69) is 20.3 Å². The van der Waals surface area contributed by atoms with Gasteiger partial charge in [-0.05, 0) is 36.4 Å². The highest BCUT2D eigenvalue weighted by Crippen LogP contribution is 2.31. The molecule has 7 nitrogen and oxygen atoms in total. The van der Waals surface area contributed by atoms with Gasteiger partial charge in [-0.25, -0.2) is 4.98 Å². The van der Waals surface area contributed by atoms with Crippen molar-refractivity contribution in [3.8, 4) is 5.75 Å². The van der Waals surface area contributed by atoms with E-state index in [1.165, 1.54) is 25.7 Å². The van der Waals surface area contributed by atoms with Crippen molar-refractivity contribution >= 4 is 51.5 Å².